The Bertz CT molecular complexity index is 607. The summed E-state index contributed by atoms with van der Waals surface area (Å²) in [6.07, 6.45) is 0. The van der Waals surface area contributed by atoms with Crippen LogP contribution in [0.25, 0.3) is 0 Å². The second-order valence-electron chi connectivity index (χ2n) is 4.12. The molecule has 6 nitrogen and oxygen atoms in total. The Morgan fingerprint density at radius 2 is 1.64 bits per heavy atom. The minimum absolute atomic E-state index is 0.190. The fraction of sp³-hybridized carbons (Fsp3) is 0.0714. The number of fused-ring (bicyclic) bond motifs is 2. The van der Waals surface area contributed by atoms with Crippen molar-refractivity contribution in [3.8, 4) is 11.5 Å². The molecule has 2 aromatic rings. The molecule has 1 aliphatic heterocycles. The quantitative estimate of drug-likeness (QED) is 0.489. The first kappa shape index (κ1) is 16.7. The summed E-state index contributed by atoms with van der Waals surface area (Å²) >= 11 is -0.190. The van der Waals surface area contributed by atoms with Crippen LogP contribution < -0.4 is 19.2 Å². The summed E-state index contributed by atoms with van der Waals surface area (Å²) in [5.41, 5.74) is 4.71. The number of hydrogen-bond acceptors (Lipinski definition) is 5. The van der Waals surface area contributed by atoms with Crippen LogP contribution in [0.5, 0.6) is 11.5 Å². The van der Waals surface area contributed by atoms with Gasteiger partial charge in [0.15, 0.2) is 0 Å². The topological polar surface area (TPSA) is 98.9 Å². The van der Waals surface area contributed by atoms with Gasteiger partial charge in [-0.25, -0.2) is 4.79 Å². The van der Waals surface area contributed by atoms with Gasteiger partial charge < -0.3 is 5.73 Å². The van der Waals surface area contributed by atoms with Gasteiger partial charge in [0.25, 0.3) is 0 Å². The molecule has 3 rings (SSSR count). The van der Waals surface area contributed by atoms with Crippen LogP contribution in [0.4, 0.5) is 0 Å². The number of rotatable bonds is 2. The Morgan fingerprint density at radius 1 is 1.14 bits per heavy atom. The number of nitrogens with two attached hydrogens (primary N) is 1. The molecule has 0 fully saturated rings. The fourth-order valence-electron chi connectivity index (χ4n) is 1.71. The zero-order chi connectivity index (χ0) is 15.9. The van der Waals surface area contributed by atoms with Crippen molar-refractivity contribution >= 4 is 38.7 Å². The SMILES string of the molecule is NCC(=O)O[P+](=O)O.c1ccc2c(c1)Oc1ccccc1[AsH]2. The second-order valence-corrected chi connectivity index (χ2v) is 7.57. The van der Waals surface area contributed by atoms with Crippen molar-refractivity contribution in [3.63, 3.8) is 0 Å². The third-order valence-corrected chi connectivity index (χ3v) is 5.83. The Labute approximate surface area is 134 Å². The standard InChI is InChI=1S/C12H9AsO.C2H4NO4P/c1-3-7-11-9(5-1)13-10-6-2-4-8-12(10)14-11;3-1-2(4)7-8(5)6/h1-8,13H;1,3H2/p+1. The molecular weight excluding hydrogens is 368 g/mol. The van der Waals surface area contributed by atoms with E-state index in [2.05, 4.69) is 40.9 Å². The molecular formula is C14H14AsNO5P+. The van der Waals surface area contributed by atoms with Gasteiger partial charge in [-0.1, -0.05) is 0 Å². The van der Waals surface area contributed by atoms with E-state index in [1.165, 1.54) is 8.70 Å². The molecule has 1 atom stereocenters. The molecule has 3 N–H and O–H groups in total. The molecule has 0 saturated heterocycles. The van der Waals surface area contributed by atoms with Crippen LogP contribution in [0, 0.1) is 0 Å². The Hall–Kier alpha value is -1.71. The molecule has 8 heteroatoms. The first-order valence-corrected chi connectivity index (χ1v) is 9.53. The Kier molecular flexibility index (Phi) is 6.10. The van der Waals surface area contributed by atoms with Crippen LogP contribution in [-0.4, -0.2) is 33.2 Å². The second kappa shape index (κ2) is 8.06. The Morgan fingerprint density at radius 3 is 2.05 bits per heavy atom. The van der Waals surface area contributed by atoms with E-state index in [4.69, 9.17) is 15.4 Å². The summed E-state index contributed by atoms with van der Waals surface area (Å²) in [6, 6.07) is 16.7. The predicted octanol–water partition coefficient (Wildman–Crippen LogP) is 0.318. The average molecular weight is 382 g/mol. The summed E-state index contributed by atoms with van der Waals surface area (Å²) in [6.45, 7) is -0.373. The molecule has 0 spiro atoms. The molecule has 1 heterocycles. The van der Waals surface area contributed by atoms with E-state index in [-0.39, 0.29) is 22.3 Å². The van der Waals surface area contributed by atoms with Crippen molar-refractivity contribution in [1.82, 2.24) is 0 Å². The van der Waals surface area contributed by atoms with Crippen LogP contribution in [0.1, 0.15) is 0 Å². The van der Waals surface area contributed by atoms with E-state index in [1.54, 1.807) is 0 Å². The molecule has 0 saturated carbocycles. The van der Waals surface area contributed by atoms with Gasteiger partial charge in [-0.3, -0.25) is 0 Å². The molecule has 0 radical (unpaired) electrons. The normalized spacial score (nSPS) is 11.8. The summed E-state index contributed by atoms with van der Waals surface area (Å²) in [5.74, 6) is 1.21. The summed E-state index contributed by atoms with van der Waals surface area (Å²) in [7, 11) is -2.83. The third-order valence-electron chi connectivity index (χ3n) is 2.61. The number of ether oxygens (including phenoxy) is 1. The maximum absolute atomic E-state index is 9.93. The number of carbonyl (C=O) groups is 1. The first-order valence-electron chi connectivity index (χ1n) is 6.30. The molecule has 114 valence electrons. The van der Waals surface area contributed by atoms with E-state index < -0.39 is 14.2 Å². The molecule has 0 aromatic heterocycles. The monoisotopic (exact) mass is 382 g/mol. The van der Waals surface area contributed by atoms with E-state index in [9.17, 15) is 9.36 Å². The number of hydrogen-bond donors (Lipinski definition) is 2. The van der Waals surface area contributed by atoms with Gasteiger partial charge in [-0.05, 0) is 0 Å². The molecule has 0 bridgehead atoms. The molecule has 2 aromatic carbocycles. The summed E-state index contributed by atoms with van der Waals surface area (Å²) in [4.78, 5) is 17.8. The van der Waals surface area contributed by atoms with Crippen LogP contribution in [-0.2, 0) is 13.9 Å². The third kappa shape index (κ3) is 4.65. The average Bonchev–Trinajstić information content (AvgIpc) is 2.52. The van der Waals surface area contributed by atoms with Crippen LogP contribution in [0.2, 0.25) is 0 Å². The van der Waals surface area contributed by atoms with Crippen molar-refractivity contribution in [2.45, 2.75) is 0 Å². The van der Waals surface area contributed by atoms with Gasteiger partial charge in [0.2, 0.25) is 0 Å². The molecule has 0 amide bonds. The van der Waals surface area contributed by atoms with Crippen molar-refractivity contribution in [2.75, 3.05) is 6.54 Å². The molecule has 1 unspecified atom stereocenters. The van der Waals surface area contributed by atoms with Gasteiger partial charge in [-0.15, -0.1) is 4.89 Å². The maximum atomic E-state index is 9.93. The first-order chi connectivity index (χ1) is 10.6. The predicted molar refractivity (Wildman–Crippen MR) is 84.3 cm³/mol. The van der Waals surface area contributed by atoms with E-state index in [1.807, 2.05) is 12.1 Å². The summed E-state index contributed by atoms with van der Waals surface area (Å²) in [5, 5.41) is 0. The van der Waals surface area contributed by atoms with Crippen molar-refractivity contribution in [2.24, 2.45) is 5.73 Å². The van der Waals surface area contributed by atoms with E-state index in [0.29, 0.717) is 0 Å². The van der Waals surface area contributed by atoms with Gasteiger partial charge in [-0.2, -0.15) is 4.52 Å². The fourth-order valence-corrected chi connectivity index (χ4v) is 4.40. The van der Waals surface area contributed by atoms with Crippen LogP contribution in [0.15, 0.2) is 48.5 Å². The van der Waals surface area contributed by atoms with Crippen molar-refractivity contribution in [1.29, 1.82) is 0 Å². The Balaban J connectivity index is 0.000000192. The number of benzene rings is 2. The van der Waals surface area contributed by atoms with Gasteiger partial charge >= 0.3 is 103 Å². The molecule has 0 aliphatic carbocycles. The van der Waals surface area contributed by atoms with Crippen molar-refractivity contribution < 1.29 is 23.5 Å². The van der Waals surface area contributed by atoms with Gasteiger partial charge in [0.05, 0.1) is 6.54 Å². The minimum atomic E-state index is -2.83. The molecule has 22 heavy (non-hydrogen) atoms. The number of para-hydroxylation sites is 2. The molecule has 1 aliphatic rings. The summed E-state index contributed by atoms with van der Waals surface area (Å²) < 4.78 is 21.9. The van der Waals surface area contributed by atoms with Crippen molar-refractivity contribution in [3.05, 3.63) is 48.5 Å². The van der Waals surface area contributed by atoms with Gasteiger partial charge in [0.1, 0.15) is 0 Å². The van der Waals surface area contributed by atoms with E-state index >= 15 is 0 Å². The van der Waals surface area contributed by atoms with Crippen LogP contribution >= 0.6 is 8.25 Å². The zero-order valence-corrected chi connectivity index (χ0v) is 14.4. The van der Waals surface area contributed by atoms with Gasteiger partial charge in [0, 0.05) is 4.57 Å². The zero-order valence-electron chi connectivity index (χ0n) is 11.4. The van der Waals surface area contributed by atoms with E-state index in [0.717, 1.165) is 11.5 Å². The van der Waals surface area contributed by atoms with Crippen LogP contribution in [0.3, 0.4) is 0 Å². The number of carbonyl (C=O) groups excluding carboxylic acids is 1.